The second kappa shape index (κ2) is 9.36. The standard InChI is InChI=1S/C20H16FNO3S3/c21-14-7-2-4-9-16(14)27-15-8-3-1-6-13(15)12-17-19(25)22(20(26)28-17)11-5-10-18(23)24/h1-4,6-9,12H,5,10-11H2,(H,23,24). The van der Waals surface area contributed by atoms with E-state index in [9.17, 15) is 14.0 Å². The van der Waals surface area contributed by atoms with E-state index in [2.05, 4.69) is 0 Å². The zero-order valence-corrected chi connectivity index (χ0v) is 17.1. The molecular formula is C20H16FNO3S3. The van der Waals surface area contributed by atoms with Gasteiger partial charge in [-0.2, -0.15) is 0 Å². The van der Waals surface area contributed by atoms with E-state index in [1.807, 2.05) is 24.3 Å². The van der Waals surface area contributed by atoms with Crippen LogP contribution in [0.1, 0.15) is 18.4 Å². The molecule has 4 nitrogen and oxygen atoms in total. The van der Waals surface area contributed by atoms with Crippen LogP contribution >= 0.6 is 35.7 Å². The molecule has 2 aromatic rings. The van der Waals surface area contributed by atoms with E-state index in [0.717, 1.165) is 10.5 Å². The third-order valence-corrected chi connectivity index (χ3v) is 6.43. The predicted molar refractivity (Wildman–Crippen MR) is 114 cm³/mol. The summed E-state index contributed by atoms with van der Waals surface area (Å²) < 4.78 is 14.4. The van der Waals surface area contributed by atoms with E-state index >= 15 is 0 Å². The highest BCUT2D eigenvalue weighted by Gasteiger charge is 2.31. The molecule has 2 aromatic carbocycles. The van der Waals surface area contributed by atoms with Gasteiger partial charge < -0.3 is 5.11 Å². The minimum absolute atomic E-state index is 0.0157. The topological polar surface area (TPSA) is 57.6 Å². The summed E-state index contributed by atoms with van der Waals surface area (Å²) in [5, 5.41) is 8.76. The fraction of sp³-hybridized carbons (Fsp3) is 0.150. The number of hydrogen-bond donors (Lipinski definition) is 1. The lowest BCUT2D eigenvalue weighted by atomic mass is 10.2. The third-order valence-electron chi connectivity index (χ3n) is 3.91. The minimum atomic E-state index is -0.903. The molecule has 3 rings (SSSR count). The highest BCUT2D eigenvalue weighted by Crippen LogP contribution is 2.37. The number of amides is 1. The van der Waals surface area contributed by atoms with Gasteiger partial charge in [0, 0.05) is 22.8 Å². The normalized spacial score (nSPS) is 15.5. The first-order valence-corrected chi connectivity index (χ1v) is 10.5. The van der Waals surface area contributed by atoms with Crippen LogP contribution in [0.15, 0.2) is 63.2 Å². The van der Waals surface area contributed by atoms with Crippen molar-refractivity contribution in [3.05, 3.63) is 64.8 Å². The Morgan fingerprint density at radius 3 is 2.57 bits per heavy atom. The molecule has 8 heteroatoms. The number of thiocarbonyl (C=S) groups is 1. The molecule has 1 N–H and O–H groups in total. The SMILES string of the molecule is O=C(O)CCCN1C(=O)C(=Cc2ccccc2Sc2ccccc2F)SC1=S. The summed E-state index contributed by atoms with van der Waals surface area (Å²) in [6.07, 6.45) is 2.08. The molecule has 0 aromatic heterocycles. The Bertz CT molecular complexity index is 961. The average molecular weight is 434 g/mol. The van der Waals surface area contributed by atoms with Gasteiger partial charge in [0.2, 0.25) is 0 Å². The predicted octanol–water partition coefficient (Wildman–Crippen LogP) is 5.04. The van der Waals surface area contributed by atoms with Crippen LogP contribution in [0.3, 0.4) is 0 Å². The number of rotatable bonds is 7. The van der Waals surface area contributed by atoms with Crippen LogP contribution in [-0.4, -0.2) is 32.7 Å². The highest BCUT2D eigenvalue weighted by molar-refractivity contribution is 8.26. The fourth-order valence-electron chi connectivity index (χ4n) is 2.56. The first-order valence-electron chi connectivity index (χ1n) is 8.44. The number of carboxylic acid groups (broad SMARTS) is 1. The first-order chi connectivity index (χ1) is 13.5. The maximum atomic E-state index is 14.0. The number of aliphatic carboxylic acids is 1. The molecule has 0 radical (unpaired) electrons. The Morgan fingerprint density at radius 2 is 1.86 bits per heavy atom. The third kappa shape index (κ3) is 5.01. The Hall–Kier alpha value is -2.16. The summed E-state index contributed by atoms with van der Waals surface area (Å²) in [7, 11) is 0. The van der Waals surface area contributed by atoms with Gasteiger partial charge in [-0.05, 0) is 36.3 Å². The Labute approximate surface area is 175 Å². The van der Waals surface area contributed by atoms with Gasteiger partial charge >= 0.3 is 5.97 Å². The summed E-state index contributed by atoms with van der Waals surface area (Å²) >= 11 is 7.75. The lowest BCUT2D eigenvalue weighted by molar-refractivity contribution is -0.137. The van der Waals surface area contributed by atoms with Gasteiger partial charge in [0.15, 0.2) is 0 Å². The number of benzene rings is 2. The molecule has 1 amide bonds. The van der Waals surface area contributed by atoms with Crippen molar-refractivity contribution in [2.75, 3.05) is 6.54 Å². The maximum Gasteiger partial charge on any atom is 0.303 e. The molecular weight excluding hydrogens is 417 g/mol. The first kappa shape index (κ1) is 20.6. The average Bonchev–Trinajstić information content (AvgIpc) is 2.92. The molecule has 144 valence electrons. The van der Waals surface area contributed by atoms with Gasteiger partial charge in [-0.3, -0.25) is 14.5 Å². The van der Waals surface area contributed by atoms with Gasteiger partial charge in [-0.15, -0.1) is 0 Å². The van der Waals surface area contributed by atoms with Crippen LogP contribution in [0.2, 0.25) is 0 Å². The van der Waals surface area contributed by atoms with Crippen LogP contribution in [0.4, 0.5) is 4.39 Å². The number of carbonyl (C=O) groups is 2. The molecule has 0 spiro atoms. The zero-order chi connectivity index (χ0) is 20.1. The summed E-state index contributed by atoms with van der Waals surface area (Å²) in [5.74, 6) is -1.43. The van der Waals surface area contributed by atoms with Crippen molar-refractivity contribution < 1.29 is 19.1 Å². The lowest BCUT2D eigenvalue weighted by Gasteiger charge is -2.13. The van der Waals surface area contributed by atoms with E-state index < -0.39 is 5.97 Å². The summed E-state index contributed by atoms with van der Waals surface area (Å²) in [5.41, 5.74) is 0.793. The second-order valence-electron chi connectivity index (χ2n) is 5.90. The van der Waals surface area contributed by atoms with Crippen molar-refractivity contribution >= 4 is 58.0 Å². The smallest absolute Gasteiger partial charge is 0.303 e. The van der Waals surface area contributed by atoms with E-state index in [0.29, 0.717) is 20.5 Å². The van der Waals surface area contributed by atoms with E-state index in [-0.39, 0.29) is 24.7 Å². The number of hydrogen-bond acceptors (Lipinski definition) is 5. The maximum absolute atomic E-state index is 14.0. The van der Waals surface area contributed by atoms with Crippen molar-refractivity contribution in [3.63, 3.8) is 0 Å². The van der Waals surface area contributed by atoms with Crippen LogP contribution in [0.25, 0.3) is 6.08 Å². The molecule has 1 heterocycles. The Balaban J connectivity index is 1.80. The van der Waals surface area contributed by atoms with Crippen LogP contribution < -0.4 is 0 Å². The summed E-state index contributed by atoms with van der Waals surface area (Å²) in [4.78, 5) is 26.6. The van der Waals surface area contributed by atoms with Gasteiger partial charge in [-0.25, -0.2) is 4.39 Å². The lowest BCUT2D eigenvalue weighted by Crippen LogP contribution is -2.29. The molecule has 1 saturated heterocycles. The number of halogens is 1. The van der Waals surface area contributed by atoms with Gasteiger partial charge in [0.05, 0.1) is 4.91 Å². The Morgan fingerprint density at radius 1 is 1.18 bits per heavy atom. The number of nitrogens with zero attached hydrogens (tertiary/aromatic N) is 1. The monoisotopic (exact) mass is 433 g/mol. The number of carboxylic acids is 1. The largest absolute Gasteiger partial charge is 0.481 e. The van der Waals surface area contributed by atoms with E-state index in [1.165, 1.54) is 34.5 Å². The fourth-order valence-corrected chi connectivity index (χ4v) is 4.80. The van der Waals surface area contributed by atoms with Crippen LogP contribution in [0.5, 0.6) is 0 Å². The molecule has 0 bridgehead atoms. The van der Waals surface area contributed by atoms with E-state index in [1.54, 1.807) is 24.3 Å². The minimum Gasteiger partial charge on any atom is -0.481 e. The molecule has 1 aliphatic rings. The Kier molecular flexibility index (Phi) is 6.88. The van der Waals surface area contributed by atoms with Gasteiger partial charge in [0.1, 0.15) is 10.1 Å². The van der Waals surface area contributed by atoms with Crippen molar-refractivity contribution in [2.24, 2.45) is 0 Å². The summed E-state index contributed by atoms with van der Waals surface area (Å²) in [6, 6.07) is 14.0. The van der Waals surface area contributed by atoms with Crippen molar-refractivity contribution in [1.29, 1.82) is 0 Å². The van der Waals surface area contributed by atoms with Crippen molar-refractivity contribution in [3.8, 4) is 0 Å². The summed E-state index contributed by atoms with van der Waals surface area (Å²) in [6.45, 7) is 0.278. The number of thioether (sulfide) groups is 1. The zero-order valence-electron chi connectivity index (χ0n) is 14.6. The number of carbonyl (C=O) groups excluding carboxylic acids is 1. The molecule has 1 fully saturated rings. The van der Waals surface area contributed by atoms with Gasteiger partial charge in [-0.1, -0.05) is 66.1 Å². The van der Waals surface area contributed by atoms with Crippen molar-refractivity contribution in [1.82, 2.24) is 4.90 Å². The molecule has 0 aliphatic carbocycles. The van der Waals surface area contributed by atoms with Gasteiger partial charge in [0.25, 0.3) is 5.91 Å². The quantitative estimate of drug-likeness (QED) is 0.488. The highest BCUT2D eigenvalue weighted by atomic mass is 32.2. The van der Waals surface area contributed by atoms with Crippen molar-refractivity contribution in [2.45, 2.75) is 22.6 Å². The molecule has 0 saturated carbocycles. The van der Waals surface area contributed by atoms with Crippen LogP contribution in [-0.2, 0) is 9.59 Å². The molecule has 0 atom stereocenters. The molecule has 28 heavy (non-hydrogen) atoms. The van der Waals surface area contributed by atoms with E-state index in [4.69, 9.17) is 17.3 Å². The molecule has 0 unspecified atom stereocenters. The van der Waals surface area contributed by atoms with Crippen LogP contribution in [0, 0.1) is 5.82 Å². The molecule has 1 aliphatic heterocycles. The second-order valence-corrected chi connectivity index (χ2v) is 8.66.